The van der Waals surface area contributed by atoms with Crippen LogP contribution < -0.4 is 9.92 Å². The van der Waals surface area contributed by atoms with Crippen LogP contribution in [0.25, 0.3) is 30.6 Å². The van der Waals surface area contributed by atoms with Gasteiger partial charge in [0.15, 0.2) is 18.4 Å². The molecule has 0 unspecified atom stereocenters. The number of nitrogen functional groups attached to an aromatic ring is 1. The molecule has 72 heavy (non-hydrogen) atoms. The van der Waals surface area contributed by atoms with Crippen LogP contribution >= 0.6 is 139 Å². The molecule has 0 bridgehead atoms. The lowest BCUT2D eigenvalue weighted by Crippen LogP contribution is -2.28. The standard InChI is InChI=1S/C14H8Cl2N2O2S2.C14H10Cl2N2S2.C8H5ClF3NO5S.C7H4ClNS2/c1-7-4-9(18(19)20)6-10(16)13(7)22-14-17-11-5-8(15)2-3-12(11)21-14;1-7-4-9(17)6-10(16)13(7)20-14-18-11-5-8(15)2-3-12(11)19-14;1-4-2-5(13(14)15)3-6(9)7(4)18-19(16,17)8(10,11)12;8-4-1-2-6-5(3-4)9-7(10)11-6/h2-6H,1H3;2-6H,17H2,1H3;2-3H,1H3;1-3H,(H,9,10). The number of aryl methyl sites for hydroxylation is 3. The molecule has 6 aromatic carbocycles. The summed E-state index contributed by atoms with van der Waals surface area (Å²) in [5, 5.41) is 23.8. The van der Waals surface area contributed by atoms with Crippen LogP contribution in [-0.2, 0) is 10.1 Å². The Morgan fingerprint density at radius 3 is 1.56 bits per heavy atom. The van der Waals surface area contributed by atoms with E-state index in [1.54, 1.807) is 47.4 Å². The van der Waals surface area contributed by atoms with Crippen LogP contribution in [-0.4, -0.2) is 38.7 Å². The van der Waals surface area contributed by atoms with Gasteiger partial charge in [-0.2, -0.15) is 21.6 Å². The number of nitro benzene ring substituents is 2. The molecule has 0 aliphatic carbocycles. The van der Waals surface area contributed by atoms with Crippen molar-refractivity contribution in [2.75, 3.05) is 5.73 Å². The molecule has 0 saturated heterocycles. The van der Waals surface area contributed by atoms with Gasteiger partial charge in [0.25, 0.3) is 11.4 Å². The number of anilines is 1. The van der Waals surface area contributed by atoms with E-state index in [-0.39, 0.29) is 11.3 Å². The molecule has 0 amide bonds. The predicted molar refractivity (Wildman–Crippen MR) is 291 cm³/mol. The number of non-ortho nitro benzene ring substituents is 2. The Bertz CT molecular complexity index is 3660. The first-order valence-corrected chi connectivity index (χ1v) is 27.6. The van der Waals surface area contributed by atoms with Crippen molar-refractivity contribution in [1.29, 1.82) is 0 Å². The van der Waals surface area contributed by atoms with Crippen molar-refractivity contribution in [1.82, 2.24) is 15.0 Å². The second-order valence-electron chi connectivity index (χ2n) is 14.3. The Balaban J connectivity index is 0.000000160. The number of nitro groups is 2. The summed E-state index contributed by atoms with van der Waals surface area (Å²) < 4.78 is 67.7. The summed E-state index contributed by atoms with van der Waals surface area (Å²) in [5.74, 6) is -0.801. The van der Waals surface area contributed by atoms with Crippen LogP contribution in [0.2, 0.25) is 30.1 Å². The Labute approximate surface area is 461 Å². The molecule has 0 spiro atoms. The molecule has 9 aromatic rings. The number of benzene rings is 6. The van der Waals surface area contributed by atoms with E-state index in [9.17, 15) is 41.8 Å². The molecule has 13 nitrogen and oxygen atoms in total. The number of rotatable bonds is 8. The van der Waals surface area contributed by atoms with Crippen LogP contribution in [0.3, 0.4) is 0 Å². The number of aromatic nitrogens is 3. The van der Waals surface area contributed by atoms with Crippen molar-refractivity contribution in [2.45, 2.75) is 44.7 Å². The number of hydrogen-bond acceptors (Lipinski definition) is 16. The lowest BCUT2D eigenvalue weighted by Gasteiger charge is -2.12. The quantitative estimate of drug-likeness (QED) is 0.0364. The SMILES string of the molecule is Cc1cc(N)cc(Cl)c1Sc1nc2cc(Cl)ccc2s1.Cc1cc([N+](=O)[O-])cc(Cl)c1OS(=O)(=O)C(F)(F)F.Cc1cc([N+](=O)[O-])cc(Cl)c1Sc1nc2cc(Cl)ccc2s1.S=c1[nH]c2cc(Cl)ccc2s1. The number of H-pyrrole nitrogens is 1. The van der Waals surface area contributed by atoms with E-state index < -0.39 is 41.9 Å². The second-order valence-corrected chi connectivity index (χ2v) is 24.7. The number of fused-ring (bicyclic) bond motifs is 3. The number of nitrogens with two attached hydrogens (primary N) is 1. The summed E-state index contributed by atoms with van der Waals surface area (Å²) in [6.45, 7) is 4.92. The summed E-state index contributed by atoms with van der Waals surface area (Å²) in [6.07, 6.45) is 0. The van der Waals surface area contributed by atoms with E-state index in [1.165, 1.54) is 35.2 Å². The summed E-state index contributed by atoms with van der Waals surface area (Å²) in [5.41, 5.74) is 4.67. The number of alkyl halides is 3. The lowest BCUT2D eigenvalue weighted by atomic mass is 10.2. The van der Waals surface area contributed by atoms with Gasteiger partial charge in [0.05, 0.1) is 55.6 Å². The van der Waals surface area contributed by atoms with Gasteiger partial charge >= 0.3 is 15.6 Å². The molecule has 0 atom stereocenters. The molecule has 0 radical (unpaired) electrons. The third kappa shape index (κ3) is 14.8. The van der Waals surface area contributed by atoms with Gasteiger partial charge in [-0.25, -0.2) is 9.97 Å². The van der Waals surface area contributed by atoms with E-state index in [1.807, 2.05) is 67.6 Å². The van der Waals surface area contributed by atoms with E-state index in [0.717, 1.165) is 82.2 Å². The maximum atomic E-state index is 12.1. The molecule has 3 heterocycles. The topological polar surface area (TPSA) is 197 Å². The van der Waals surface area contributed by atoms with E-state index in [0.29, 0.717) is 31.8 Å². The number of nitrogens with one attached hydrogen (secondary N) is 1. The lowest BCUT2D eigenvalue weighted by molar-refractivity contribution is -0.385. The van der Waals surface area contributed by atoms with Gasteiger partial charge in [-0.1, -0.05) is 93.1 Å². The maximum absolute atomic E-state index is 12.1. The van der Waals surface area contributed by atoms with Crippen molar-refractivity contribution in [3.8, 4) is 5.75 Å². The van der Waals surface area contributed by atoms with Gasteiger partial charge < -0.3 is 14.9 Å². The van der Waals surface area contributed by atoms with Crippen LogP contribution in [0, 0.1) is 45.0 Å². The van der Waals surface area contributed by atoms with Gasteiger partial charge in [-0.05, 0) is 111 Å². The van der Waals surface area contributed by atoms with E-state index in [4.69, 9.17) is 87.6 Å². The fourth-order valence-electron chi connectivity index (χ4n) is 5.86. The highest BCUT2D eigenvalue weighted by Crippen LogP contribution is 2.43. The molecule has 3 aromatic heterocycles. The van der Waals surface area contributed by atoms with E-state index in [2.05, 4.69) is 19.1 Å². The molecule has 376 valence electrons. The average molecular weight is 1230 g/mol. The Kier molecular flexibility index (Phi) is 19.0. The first kappa shape index (κ1) is 57.1. The normalized spacial score (nSPS) is 11.3. The molecule has 0 saturated carbocycles. The van der Waals surface area contributed by atoms with Crippen LogP contribution in [0.1, 0.15) is 16.7 Å². The minimum Gasteiger partial charge on any atom is -0.399 e. The first-order chi connectivity index (χ1) is 33.7. The summed E-state index contributed by atoms with van der Waals surface area (Å²) in [7, 11) is -5.88. The number of thiazole rings is 3. The highest BCUT2D eigenvalue weighted by Gasteiger charge is 2.49. The van der Waals surface area contributed by atoms with Crippen LogP contribution in [0.5, 0.6) is 5.75 Å². The molecule has 0 aliphatic rings. The highest BCUT2D eigenvalue weighted by atomic mass is 35.5. The second kappa shape index (κ2) is 24.0. The Morgan fingerprint density at radius 2 is 1.10 bits per heavy atom. The molecule has 29 heteroatoms. The first-order valence-electron chi connectivity index (χ1n) is 19.4. The van der Waals surface area contributed by atoms with Crippen molar-refractivity contribution >= 4 is 197 Å². The largest absolute Gasteiger partial charge is 0.534 e. The zero-order chi connectivity index (χ0) is 53.0. The molecular weight excluding hydrogens is 1210 g/mol. The summed E-state index contributed by atoms with van der Waals surface area (Å²) >= 11 is 48.3. The molecule has 3 N–H and O–H groups in total. The molecule has 0 aliphatic heterocycles. The van der Waals surface area contributed by atoms with Crippen molar-refractivity contribution < 1.29 is 35.6 Å². The third-order valence-corrected chi connectivity index (χ3v) is 17.7. The fraction of sp³-hybridized carbons (Fsp3) is 0.0930. The highest BCUT2D eigenvalue weighted by molar-refractivity contribution is 8.01. The van der Waals surface area contributed by atoms with E-state index >= 15 is 0 Å². The van der Waals surface area contributed by atoms with Gasteiger partial charge in [0.1, 0.15) is 0 Å². The minimum absolute atomic E-state index is 0.0112. The van der Waals surface area contributed by atoms with Gasteiger partial charge in [-0.3, -0.25) is 20.2 Å². The van der Waals surface area contributed by atoms with Gasteiger partial charge in [0.2, 0.25) is 0 Å². The Morgan fingerprint density at radius 1 is 0.653 bits per heavy atom. The molecular formula is C43H27Cl6F3N6O7S7. The van der Waals surface area contributed by atoms with Crippen molar-refractivity contribution in [2.24, 2.45) is 0 Å². The van der Waals surface area contributed by atoms with Gasteiger partial charge in [-0.15, -0.1) is 34.0 Å². The monoisotopic (exact) mass is 1230 g/mol. The zero-order valence-electron chi connectivity index (χ0n) is 36.1. The summed E-state index contributed by atoms with van der Waals surface area (Å²) in [4.78, 5) is 33.9. The van der Waals surface area contributed by atoms with Gasteiger partial charge in [0, 0.05) is 60.4 Å². The van der Waals surface area contributed by atoms with Crippen molar-refractivity contribution in [3.05, 3.63) is 162 Å². The number of halogens is 9. The zero-order valence-corrected chi connectivity index (χ0v) is 46.4. The maximum Gasteiger partial charge on any atom is 0.534 e. The molecule has 9 rings (SSSR count). The summed E-state index contributed by atoms with van der Waals surface area (Å²) in [6, 6.07) is 25.1. The number of nitrogens with zero attached hydrogens (tertiary/aromatic N) is 4. The fourth-order valence-corrected chi connectivity index (χ4v) is 13.2. The predicted octanol–water partition coefficient (Wildman–Crippen LogP) is 18.0. The van der Waals surface area contributed by atoms with Crippen molar-refractivity contribution in [3.63, 3.8) is 0 Å². The number of aromatic amines is 1. The molecule has 0 fully saturated rings. The van der Waals surface area contributed by atoms with Crippen LogP contribution in [0.4, 0.5) is 30.2 Å². The minimum atomic E-state index is -5.88. The average Bonchev–Trinajstić information content (AvgIpc) is 3.99. The Hall–Kier alpha value is -4.21. The third-order valence-electron chi connectivity index (χ3n) is 9.00. The number of hydrogen-bond donors (Lipinski definition) is 2. The smallest absolute Gasteiger partial charge is 0.399 e. The van der Waals surface area contributed by atoms with Crippen LogP contribution in [0.15, 0.2) is 109 Å².